The summed E-state index contributed by atoms with van der Waals surface area (Å²) in [5.74, 6) is -1.50. The third kappa shape index (κ3) is 12.1. The summed E-state index contributed by atoms with van der Waals surface area (Å²) in [7, 11) is 0. The molecular weight excluding hydrogens is 372 g/mol. The first-order valence-electron chi connectivity index (χ1n) is 10.1. The predicted molar refractivity (Wildman–Crippen MR) is 114 cm³/mol. The molecule has 3 N–H and O–H groups in total. The average Bonchev–Trinajstić information content (AvgIpc) is 2.63. The zero-order valence-electron chi connectivity index (χ0n) is 18.3. The van der Waals surface area contributed by atoms with E-state index in [1.165, 1.54) is 0 Å². The van der Waals surface area contributed by atoms with Crippen molar-refractivity contribution < 1.29 is 24.2 Å². The van der Waals surface area contributed by atoms with E-state index in [0.717, 1.165) is 6.42 Å². The molecule has 0 saturated heterocycles. The van der Waals surface area contributed by atoms with Crippen LogP contribution in [0.3, 0.4) is 0 Å². The van der Waals surface area contributed by atoms with Gasteiger partial charge in [-0.1, -0.05) is 32.9 Å². The van der Waals surface area contributed by atoms with E-state index in [2.05, 4.69) is 23.8 Å². The molecule has 166 valence electrons. The van der Waals surface area contributed by atoms with E-state index in [-0.39, 0.29) is 48.9 Å². The van der Waals surface area contributed by atoms with Crippen molar-refractivity contribution in [1.29, 1.82) is 0 Å². The maximum absolute atomic E-state index is 12.8. The number of esters is 1. The van der Waals surface area contributed by atoms with Crippen LogP contribution in [-0.2, 0) is 19.1 Å². The summed E-state index contributed by atoms with van der Waals surface area (Å²) < 4.78 is 5.35. The van der Waals surface area contributed by atoms with Crippen LogP contribution in [0.5, 0.6) is 0 Å². The molecule has 2 amide bonds. The Morgan fingerprint density at radius 2 is 1.79 bits per heavy atom. The quantitative estimate of drug-likeness (QED) is 0.232. The van der Waals surface area contributed by atoms with Gasteiger partial charge in [0.25, 0.3) is 0 Å². The fraction of sp³-hybridized carbons (Fsp3) is 0.682. The molecule has 7 heteroatoms. The van der Waals surface area contributed by atoms with Crippen LogP contribution in [0.4, 0.5) is 0 Å². The Hall–Kier alpha value is -2.15. The zero-order chi connectivity index (χ0) is 22.4. The van der Waals surface area contributed by atoms with Gasteiger partial charge in [-0.2, -0.15) is 0 Å². The van der Waals surface area contributed by atoms with Crippen molar-refractivity contribution in [2.75, 3.05) is 13.2 Å². The van der Waals surface area contributed by atoms with Crippen molar-refractivity contribution in [3.8, 4) is 0 Å². The maximum atomic E-state index is 12.8. The second-order valence-electron chi connectivity index (χ2n) is 8.37. The molecule has 0 radical (unpaired) electrons. The van der Waals surface area contributed by atoms with Gasteiger partial charge < -0.3 is 20.5 Å². The van der Waals surface area contributed by atoms with Crippen molar-refractivity contribution in [3.63, 3.8) is 0 Å². The van der Waals surface area contributed by atoms with Crippen LogP contribution in [0.25, 0.3) is 0 Å². The number of hydrogen-bond acceptors (Lipinski definition) is 5. The van der Waals surface area contributed by atoms with Crippen molar-refractivity contribution in [1.82, 2.24) is 10.6 Å². The molecule has 7 nitrogen and oxygen atoms in total. The minimum atomic E-state index is -0.591. The lowest BCUT2D eigenvalue weighted by Gasteiger charge is -2.32. The van der Waals surface area contributed by atoms with Crippen molar-refractivity contribution in [2.24, 2.45) is 11.3 Å². The second-order valence-corrected chi connectivity index (χ2v) is 8.37. The Balaban J connectivity index is 4.93. The third-order valence-electron chi connectivity index (χ3n) is 4.50. The summed E-state index contributed by atoms with van der Waals surface area (Å²) in [6, 6.07) is -0.775. The minimum absolute atomic E-state index is 0.0135. The van der Waals surface area contributed by atoms with Gasteiger partial charge in [0.2, 0.25) is 11.8 Å². The van der Waals surface area contributed by atoms with E-state index >= 15 is 0 Å². The van der Waals surface area contributed by atoms with Crippen LogP contribution in [0.1, 0.15) is 59.8 Å². The van der Waals surface area contributed by atoms with Gasteiger partial charge in [0.1, 0.15) is 6.61 Å². The highest BCUT2D eigenvalue weighted by Crippen LogP contribution is 2.21. The molecule has 0 aromatic carbocycles. The molecule has 0 aromatic rings. The minimum Gasteiger partial charge on any atom is -0.463 e. The van der Waals surface area contributed by atoms with E-state index < -0.39 is 12.0 Å². The van der Waals surface area contributed by atoms with E-state index in [1.54, 1.807) is 19.1 Å². The van der Waals surface area contributed by atoms with Crippen LogP contribution < -0.4 is 10.6 Å². The SMILES string of the molecule is C=CCCCC(=O)OC[C@@H](NC(=O)[C@H](CC=C)CC(=O)N[C@@H](C)CO)C(C)(C)C. The van der Waals surface area contributed by atoms with Crippen LogP contribution in [0.2, 0.25) is 0 Å². The van der Waals surface area contributed by atoms with E-state index in [0.29, 0.717) is 19.3 Å². The number of unbranched alkanes of at least 4 members (excludes halogenated alkanes) is 1. The Bertz CT molecular complexity index is 554. The number of amides is 2. The number of allylic oxidation sites excluding steroid dienone is 2. The number of ether oxygens (including phenoxy) is 1. The van der Waals surface area contributed by atoms with Crippen LogP contribution in [0, 0.1) is 11.3 Å². The molecule has 0 aliphatic rings. The molecule has 0 bridgehead atoms. The summed E-state index contributed by atoms with van der Waals surface area (Å²) in [5, 5.41) is 14.6. The molecule has 3 atom stereocenters. The summed E-state index contributed by atoms with van der Waals surface area (Å²) in [4.78, 5) is 36.8. The number of carbonyl (C=O) groups excluding carboxylic acids is 3. The standard InChI is InChI=1S/C22H38N2O5/c1-7-9-10-12-20(27)29-15-18(22(4,5)6)24-21(28)17(11-8-2)13-19(26)23-16(3)14-25/h7-8,16-18,25H,1-2,9-15H2,3-6H3,(H,23,26)(H,24,28)/t16-,17+,18+/m0/s1. The van der Waals surface area contributed by atoms with Crippen molar-refractivity contribution in [3.05, 3.63) is 25.3 Å². The molecule has 0 spiro atoms. The highest BCUT2D eigenvalue weighted by Gasteiger charge is 2.30. The molecular formula is C22H38N2O5. The summed E-state index contributed by atoms with van der Waals surface area (Å²) in [5.41, 5.74) is -0.344. The molecule has 29 heavy (non-hydrogen) atoms. The monoisotopic (exact) mass is 410 g/mol. The molecule has 0 fully saturated rings. The van der Waals surface area contributed by atoms with Gasteiger partial charge >= 0.3 is 5.97 Å². The number of aliphatic hydroxyl groups excluding tert-OH is 1. The van der Waals surface area contributed by atoms with Gasteiger partial charge in [-0.25, -0.2) is 0 Å². The van der Waals surface area contributed by atoms with Gasteiger partial charge in [-0.05, 0) is 31.6 Å². The summed E-state index contributed by atoms with van der Waals surface area (Å²) in [6.07, 6.45) is 5.40. The lowest BCUT2D eigenvalue weighted by molar-refractivity contribution is -0.146. The molecule has 0 aliphatic carbocycles. The van der Waals surface area contributed by atoms with Gasteiger partial charge in [0, 0.05) is 18.9 Å². The number of rotatable bonds is 14. The van der Waals surface area contributed by atoms with E-state index in [9.17, 15) is 14.4 Å². The topological polar surface area (TPSA) is 105 Å². The van der Waals surface area contributed by atoms with Gasteiger partial charge in [0.05, 0.1) is 18.6 Å². The summed E-state index contributed by atoms with van der Waals surface area (Å²) >= 11 is 0. The lowest BCUT2D eigenvalue weighted by atomic mass is 9.86. The maximum Gasteiger partial charge on any atom is 0.305 e. The first-order valence-corrected chi connectivity index (χ1v) is 10.1. The highest BCUT2D eigenvalue weighted by molar-refractivity contribution is 5.86. The smallest absolute Gasteiger partial charge is 0.305 e. The molecule has 0 saturated carbocycles. The Morgan fingerprint density at radius 3 is 2.31 bits per heavy atom. The van der Waals surface area contributed by atoms with E-state index in [1.807, 2.05) is 20.8 Å². The van der Waals surface area contributed by atoms with Gasteiger partial charge in [-0.15, -0.1) is 13.2 Å². The van der Waals surface area contributed by atoms with Gasteiger partial charge in [0.15, 0.2) is 0 Å². The van der Waals surface area contributed by atoms with Crippen LogP contribution in [0.15, 0.2) is 25.3 Å². The normalized spacial score (nSPS) is 14.2. The second kappa shape index (κ2) is 13.9. The predicted octanol–water partition coefficient (Wildman–Crippen LogP) is 2.50. The molecule has 0 rings (SSSR count). The largest absolute Gasteiger partial charge is 0.463 e. The first-order chi connectivity index (χ1) is 13.5. The number of aliphatic hydroxyl groups is 1. The molecule has 0 heterocycles. The number of nitrogens with one attached hydrogen (secondary N) is 2. The zero-order valence-corrected chi connectivity index (χ0v) is 18.3. The third-order valence-corrected chi connectivity index (χ3v) is 4.50. The Labute approximate surface area is 175 Å². The molecule has 0 aromatic heterocycles. The Kier molecular flexibility index (Phi) is 12.9. The highest BCUT2D eigenvalue weighted by atomic mass is 16.5. The van der Waals surface area contributed by atoms with Crippen molar-refractivity contribution in [2.45, 2.75) is 71.9 Å². The van der Waals surface area contributed by atoms with Crippen LogP contribution >= 0.6 is 0 Å². The number of carbonyl (C=O) groups is 3. The molecule has 0 aliphatic heterocycles. The lowest BCUT2D eigenvalue weighted by Crippen LogP contribution is -2.49. The summed E-state index contributed by atoms with van der Waals surface area (Å²) in [6.45, 7) is 14.7. The van der Waals surface area contributed by atoms with E-state index in [4.69, 9.17) is 9.84 Å². The Morgan fingerprint density at radius 1 is 1.14 bits per heavy atom. The fourth-order valence-electron chi connectivity index (χ4n) is 2.52. The van der Waals surface area contributed by atoms with Crippen molar-refractivity contribution >= 4 is 17.8 Å². The average molecular weight is 411 g/mol. The fourth-order valence-corrected chi connectivity index (χ4v) is 2.52. The molecule has 0 unspecified atom stereocenters. The van der Waals surface area contributed by atoms with Gasteiger partial charge in [-0.3, -0.25) is 14.4 Å². The van der Waals surface area contributed by atoms with Crippen LogP contribution in [-0.4, -0.2) is 48.2 Å². The number of hydrogen-bond donors (Lipinski definition) is 3. The first kappa shape index (κ1) is 26.9.